The number of aliphatic hydroxyl groups excluding tert-OH is 1. The summed E-state index contributed by atoms with van der Waals surface area (Å²) in [6, 6.07) is 26.9. The molecule has 0 aliphatic heterocycles. The van der Waals surface area contributed by atoms with Gasteiger partial charge in [-0.25, -0.2) is 0 Å². The van der Waals surface area contributed by atoms with Crippen molar-refractivity contribution < 1.29 is 32.8 Å². The van der Waals surface area contributed by atoms with Gasteiger partial charge in [-0.2, -0.15) is 0 Å². The van der Waals surface area contributed by atoms with E-state index >= 15 is 0 Å². The van der Waals surface area contributed by atoms with Gasteiger partial charge >= 0.3 is 171 Å². The van der Waals surface area contributed by atoms with Crippen molar-refractivity contribution in [1.29, 1.82) is 0 Å². The fraction of sp³-hybridized carbons (Fsp3) is 0.0500. The second kappa shape index (κ2) is 10.5. The van der Waals surface area contributed by atoms with Crippen molar-refractivity contribution in [2.24, 2.45) is 15.3 Å². The number of aliphatic hydroxyl groups is 1. The van der Waals surface area contributed by atoms with E-state index in [9.17, 15) is 5.11 Å². The molecule has 0 amide bonds. The molecular formula is C20H18HgN4O2. The summed E-state index contributed by atoms with van der Waals surface area (Å²) >= 11 is -2.03. The molecule has 0 spiro atoms. The zero-order valence-corrected chi connectivity index (χ0v) is 20.2. The Bertz CT molecular complexity index is 902. The molecule has 0 saturated carbocycles. The van der Waals surface area contributed by atoms with Gasteiger partial charge in [0.25, 0.3) is 0 Å². The van der Waals surface area contributed by atoms with Crippen LogP contribution in [-0.4, -0.2) is 11.1 Å². The number of benzene rings is 3. The molecule has 27 heavy (non-hydrogen) atoms. The third-order valence-corrected chi connectivity index (χ3v) is 9.16. The van der Waals surface area contributed by atoms with Crippen molar-refractivity contribution in [3.63, 3.8) is 0 Å². The van der Waals surface area contributed by atoms with E-state index in [1.165, 1.54) is 0 Å². The van der Waals surface area contributed by atoms with Gasteiger partial charge in [0.2, 0.25) is 0 Å². The number of hydrogen-bond acceptors (Lipinski definition) is 5. The maximum atomic E-state index is 9.48. The van der Waals surface area contributed by atoms with E-state index in [0.717, 1.165) is 20.0 Å². The van der Waals surface area contributed by atoms with Crippen molar-refractivity contribution in [2.45, 2.75) is 6.61 Å². The van der Waals surface area contributed by atoms with Crippen LogP contribution < -0.4 is 8.50 Å². The first-order valence-electron chi connectivity index (χ1n) is 8.51. The van der Waals surface area contributed by atoms with E-state index in [-0.39, 0.29) is 12.6 Å². The first kappa shape index (κ1) is 19.2. The van der Waals surface area contributed by atoms with Gasteiger partial charge in [-0.3, -0.25) is 0 Å². The number of para-hydroxylation sites is 1. The van der Waals surface area contributed by atoms with E-state index in [0.29, 0.717) is 0 Å². The van der Waals surface area contributed by atoms with E-state index in [4.69, 9.17) is 2.64 Å². The number of azo groups is 1. The zero-order valence-electron chi connectivity index (χ0n) is 14.7. The minimum absolute atomic E-state index is 0.000190. The van der Waals surface area contributed by atoms with E-state index < -0.39 is 25.0 Å². The van der Waals surface area contributed by atoms with Gasteiger partial charge < -0.3 is 0 Å². The van der Waals surface area contributed by atoms with Gasteiger partial charge in [0.15, 0.2) is 0 Å². The molecule has 0 aliphatic carbocycles. The molecular weight excluding hydrogens is 529 g/mol. The molecule has 0 heterocycles. The Balaban J connectivity index is 1.75. The van der Waals surface area contributed by atoms with Gasteiger partial charge in [0.1, 0.15) is 0 Å². The van der Waals surface area contributed by atoms with Crippen LogP contribution >= 0.6 is 0 Å². The van der Waals surface area contributed by atoms with Gasteiger partial charge in [0.05, 0.1) is 0 Å². The van der Waals surface area contributed by atoms with Gasteiger partial charge in [-0.1, -0.05) is 0 Å². The SMILES string of the molecule is OCc1cccc[c]1[Hg][O]/C(N=Nc1ccccc1)=N\Nc1ccccc1. The second-order valence-corrected chi connectivity index (χ2v) is 10.8. The van der Waals surface area contributed by atoms with Gasteiger partial charge in [-0.15, -0.1) is 0 Å². The van der Waals surface area contributed by atoms with Crippen molar-refractivity contribution in [3.05, 3.63) is 90.5 Å². The van der Waals surface area contributed by atoms with Crippen LogP contribution in [0.1, 0.15) is 5.56 Å². The molecule has 0 fully saturated rings. The van der Waals surface area contributed by atoms with Crippen LogP contribution in [0.3, 0.4) is 0 Å². The Morgan fingerprint density at radius 2 is 1.56 bits per heavy atom. The van der Waals surface area contributed by atoms with Gasteiger partial charge in [-0.05, 0) is 0 Å². The van der Waals surface area contributed by atoms with Gasteiger partial charge in [0, 0.05) is 0 Å². The molecule has 0 atom stereocenters. The summed E-state index contributed by atoms with van der Waals surface area (Å²) in [7, 11) is 0. The number of rotatable bonds is 6. The molecule has 6 nitrogen and oxygen atoms in total. The second-order valence-electron chi connectivity index (χ2n) is 5.62. The van der Waals surface area contributed by atoms with Crippen molar-refractivity contribution >= 4 is 20.5 Å². The molecule has 0 bridgehead atoms. The van der Waals surface area contributed by atoms with E-state index in [1.807, 2.05) is 84.9 Å². The maximum absolute atomic E-state index is 9.48. The molecule has 0 unspecified atom stereocenters. The fourth-order valence-corrected chi connectivity index (χ4v) is 6.40. The number of hydrazone groups is 1. The average Bonchev–Trinajstić information content (AvgIpc) is 2.75. The Kier molecular flexibility index (Phi) is 7.50. The van der Waals surface area contributed by atoms with E-state index in [1.54, 1.807) is 0 Å². The van der Waals surface area contributed by atoms with Crippen LogP contribution in [0.2, 0.25) is 0 Å². The van der Waals surface area contributed by atoms with Crippen LogP contribution in [0.5, 0.6) is 0 Å². The summed E-state index contributed by atoms with van der Waals surface area (Å²) in [5.41, 5.74) is 5.40. The predicted molar refractivity (Wildman–Crippen MR) is 102 cm³/mol. The summed E-state index contributed by atoms with van der Waals surface area (Å²) in [4.78, 5) is 0. The molecule has 3 aromatic rings. The molecule has 0 radical (unpaired) electrons. The minimum atomic E-state index is -2.03. The molecule has 3 aromatic carbocycles. The number of amidine groups is 1. The Morgan fingerprint density at radius 3 is 2.30 bits per heavy atom. The number of anilines is 1. The number of hydrogen-bond donors (Lipinski definition) is 2. The summed E-state index contributed by atoms with van der Waals surface area (Å²) in [6.07, 6.45) is 0. The summed E-state index contributed by atoms with van der Waals surface area (Å²) in [5.74, 6) is 0. The quantitative estimate of drug-likeness (QED) is 0.161. The molecule has 3 rings (SSSR count). The Hall–Kier alpha value is -2.57. The third-order valence-electron chi connectivity index (χ3n) is 3.71. The van der Waals surface area contributed by atoms with Crippen LogP contribution in [0.15, 0.2) is 100 Å². The van der Waals surface area contributed by atoms with Crippen molar-refractivity contribution in [3.8, 4) is 0 Å². The molecule has 2 N–H and O–H groups in total. The molecule has 7 heteroatoms. The summed E-state index contributed by atoms with van der Waals surface area (Å²) < 4.78 is 7.04. The zero-order chi connectivity index (χ0) is 18.7. The standard InChI is InChI=1S/C13H12N4O.C7H7O.Hg/c18-13(16-14-11-7-3-1-4-8-11)17-15-12-9-5-2-6-10-12;8-6-7-4-2-1-3-5-7;/h1-10,14H,(H,16,18);1-4,8H,6H2;/q;;+1/p-1. The van der Waals surface area contributed by atoms with Crippen LogP contribution in [0.4, 0.5) is 11.4 Å². The number of nitrogens with zero attached hydrogens (tertiary/aromatic N) is 3. The van der Waals surface area contributed by atoms with E-state index in [2.05, 4.69) is 20.8 Å². The molecule has 0 saturated heterocycles. The third kappa shape index (κ3) is 6.27. The molecule has 0 aliphatic rings. The fourth-order valence-electron chi connectivity index (χ4n) is 2.30. The van der Waals surface area contributed by atoms with Crippen LogP contribution in [0.25, 0.3) is 0 Å². The molecule has 0 aromatic heterocycles. The Morgan fingerprint density at radius 1 is 0.889 bits per heavy atom. The topological polar surface area (TPSA) is 78.6 Å². The van der Waals surface area contributed by atoms with Crippen LogP contribution in [-0.2, 0) is 34.3 Å². The normalized spacial score (nSPS) is 11.2. The Labute approximate surface area is 170 Å². The summed E-state index contributed by atoms with van der Waals surface area (Å²) in [5, 5.41) is 22.1. The van der Waals surface area contributed by atoms with Crippen molar-refractivity contribution in [1.82, 2.24) is 0 Å². The predicted octanol–water partition coefficient (Wildman–Crippen LogP) is 3.99. The first-order chi connectivity index (χ1) is 13.3. The monoisotopic (exact) mass is 548 g/mol. The average molecular weight is 547 g/mol. The number of nitrogens with one attached hydrogen (secondary N) is 1. The molecule has 132 valence electrons. The first-order valence-corrected chi connectivity index (χ1v) is 13.5. The van der Waals surface area contributed by atoms with Crippen molar-refractivity contribution in [2.75, 3.05) is 5.43 Å². The van der Waals surface area contributed by atoms with Crippen LogP contribution in [0, 0.1) is 0 Å². The summed E-state index contributed by atoms with van der Waals surface area (Å²) in [6.45, 7) is -0.000190.